The van der Waals surface area contributed by atoms with Crippen LogP contribution >= 0.6 is 11.8 Å². The maximum absolute atomic E-state index is 5.37. The quantitative estimate of drug-likeness (QED) is 0.410. The second-order valence-electron chi connectivity index (χ2n) is 3.70. The molecule has 3 heterocycles. The number of rotatable bonds is 5. The molecule has 3 N–H and O–H groups in total. The third-order valence-corrected chi connectivity index (χ3v) is 3.23. The molecule has 0 spiro atoms. The average Bonchev–Trinajstić information content (AvgIpc) is 3.17. The highest BCUT2D eigenvalue weighted by atomic mass is 32.2. The van der Waals surface area contributed by atoms with Gasteiger partial charge in [0.25, 0.3) is 5.95 Å². The van der Waals surface area contributed by atoms with E-state index in [1.807, 2.05) is 12.1 Å². The Morgan fingerprint density at radius 3 is 2.95 bits per heavy atom. The number of thioether (sulfide) groups is 1. The summed E-state index contributed by atoms with van der Waals surface area (Å²) < 4.78 is 6.81. The molecule has 0 atom stereocenters. The summed E-state index contributed by atoms with van der Waals surface area (Å²) in [5.41, 5.74) is 2.42. The zero-order chi connectivity index (χ0) is 13.8. The van der Waals surface area contributed by atoms with Crippen LogP contribution in [0.5, 0.6) is 0 Å². The number of nitrogens with two attached hydrogens (primary N) is 1. The third-order valence-electron chi connectivity index (χ3n) is 2.37. The summed E-state index contributed by atoms with van der Waals surface area (Å²) in [5.74, 6) is 7.53. The summed E-state index contributed by atoms with van der Waals surface area (Å²) in [7, 11) is 0. The van der Waals surface area contributed by atoms with E-state index in [1.54, 1.807) is 29.4 Å². The van der Waals surface area contributed by atoms with Crippen LogP contribution in [0.4, 0.5) is 5.95 Å². The lowest BCUT2D eigenvalue weighted by Crippen LogP contribution is -2.14. The highest BCUT2D eigenvalue weighted by Gasteiger charge is 2.09. The van der Waals surface area contributed by atoms with Crippen LogP contribution in [-0.4, -0.2) is 24.7 Å². The van der Waals surface area contributed by atoms with Gasteiger partial charge in [-0.15, -0.1) is 0 Å². The average molecular weight is 289 g/mol. The second-order valence-corrected chi connectivity index (χ2v) is 4.65. The van der Waals surface area contributed by atoms with Crippen LogP contribution in [0.3, 0.4) is 0 Å². The molecule has 3 rings (SSSR count). The van der Waals surface area contributed by atoms with Crippen LogP contribution in [0.25, 0.3) is 5.95 Å². The predicted molar refractivity (Wildman–Crippen MR) is 73.0 cm³/mol. The van der Waals surface area contributed by atoms with Crippen molar-refractivity contribution in [2.45, 2.75) is 10.9 Å². The molecular formula is C11H11N7OS. The van der Waals surface area contributed by atoms with Gasteiger partial charge in [0.05, 0.1) is 12.0 Å². The SMILES string of the molecule is NNc1nc(SCc2ccco2)nc(-n2cccn2)n1. The molecule has 102 valence electrons. The zero-order valence-corrected chi connectivity index (χ0v) is 11.1. The Labute approximate surface area is 118 Å². The molecule has 8 nitrogen and oxygen atoms in total. The number of furan rings is 1. The molecule has 3 aromatic heterocycles. The van der Waals surface area contributed by atoms with Crippen molar-refractivity contribution in [1.82, 2.24) is 24.7 Å². The number of nitrogens with one attached hydrogen (secondary N) is 1. The van der Waals surface area contributed by atoms with E-state index in [9.17, 15) is 0 Å². The highest BCUT2D eigenvalue weighted by molar-refractivity contribution is 7.98. The number of hydrogen-bond acceptors (Lipinski definition) is 8. The van der Waals surface area contributed by atoms with Crippen molar-refractivity contribution >= 4 is 17.7 Å². The summed E-state index contributed by atoms with van der Waals surface area (Å²) in [6.07, 6.45) is 5.02. The Morgan fingerprint density at radius 2 is 2.25 bits per heavy atom. The summed E-state index contributed by atoms with van der Waals surface area (Å²) in [5, 5.41) is 4.62. The van der Waals surface area contributed by atoms with Gasteiger partial charge in [0.1, 0.15) is 5.76 Å². The number of anilines is 1. The molecule has 9 heteroatoms. The topological polar surface area (TPSA) is 108 Å². The van der Waals surface area contributed by atoms with E-state index in [4.69, 9.17) is 10.3 Å². The van der Waals surface area contributed by atoms with Crippen molar-refractivity contribution in [1.29, 1.82) is 0 Å². The van der Waals surface area contributed by atoms with E-state index in [0.29, 0.717) is 16.9 Å². The smallest absolute Gasteiger partial charge is 0.256 e. The Hall–Kier alpha value is -2.39. The minimum absolute atomic E-state index is 0.285. The lowest BCUT2D eigenvalue weighted by atomic mass is 10.5. The Kier molecular flexibility index (Phi) is 3.61. The monoisotopic (exact) mass is 289 g/mol. The van der Waals surface area contributed by atoms with Crippen LogP contribution in [0.2, 0.25) is 0 Å². The highest BCUT2D eigenvalue weighted by Crippen LogP contribution is 2.20. The van der Waals surface area contributed by atoms with E-state index in [0.717, 1.165) is 5.76 Å². The molecule has 0 aliphatic carbocycles. The van der Waals surface area contributed by atoms with Crippen LogP contribution in [0, 0.1) is 0 Å². The molecule has 20 heavy (non-hydrogen) atoms. The number of nitrogen functional groups attached to an aromatic ring is 1. The number of hydrogen-bond donors (Lipinski definition) is 2. The molecule has 0 radical (unpaired) electrons. The summed E-state index contributed by atoms with van der Waals surface area (Å²) in [4.78, 5) is 12.7. The summed E-state index contributed by atoms with van der Waals surface area (Å²) in [6, 6.07) is 5.52. The van der Waals surface area contributed by atoms with Crippen LogP contribution in [0.15, 0.2) is 46.4 Å². The fourth-order valence-corrected chi connectivity index (χ4v) is 2.23. The van der Waals surface area contributed by atoms with Crippen molar-refractivity contribution in [2.24, 2.45) is 5.84 Å². The normalized spacial score (nSPS) is 10.7. The first-order chi connectivity index (χ1) is 9.85. The Morgan fingerprint density at radius 1 is 1.30 bits per heavy atom. The number of hydrazine groups is 1. The van der Waals surface area contributed by atoms with Gasteiger partial charge in [0.2, 0.25) is 5.95 Å². The van der Waals surface area contributed by atoms with Gasteiger partial charge >= 0.3 is 0 Å². The van der Waals surface area contributed by atoms with Crippen LogP contribution in [-0.2, 0) is 5.75 Å². The van der Waals surface area contributed by atoms with E-state index in [1.165, 1.54) is 11.8 Å². The van der Waals surface area contributed by atoms with Crippen molar-refractivity contribution in [3.63, 3.8) is 0 Å². The van der Waals surface area contributed by atoms with Gasteiger partial charge in [-0.3, -0.25) is 5.43 Å². The molecule has 0 saturated heterocycles. The van der Waals surface area contributed by atoms with Gasteiger partial charge in [0.15, 0.2) is 5.16 Å². The lowest BCUT2D eigenvalue weighted by Gasteiger charge is -2.05. The Bertz CT molecular complexity index is 668. The predicted octanol–water partition coefficient (Wildman–Crippen LogP) is 1.23. The fraction of sp³-hybridized carbons (Fsp3) is 0.0909. The van der Waals surface area contributed by atoms with E-state index >= 15 is 0 Å². The van der Waals surface area contributed by atoms with Crippen molar-refractivity contribution in [3.8, 4) is 5.95 Å². The van der Waals surface area contributed by atoms with Gasteiger partial charge in [-0.05, 0) is 18.2 Å². The second kappa shape index (κ2) is 5.72. The summed E-state index contributed by atoms with van der Waals surface area (Å²) in [6.45, 7) is 0. The minimum Gasteiger partial charge on any atom is -0.468 e. The van der Waals surface area contributed by atoms with Crippen LogP contribution < -0.4 is 11.3 Å². The molecule has 0 saturated carbocycles. The van der Waals surface area contributed by atoms with Gasteiger partial charge < -0.3 is 4.42 Å². The summed E-state index contributed by atoms with van der Waals surface area (Å²) >= 11 is 1.43. The maximum Gasteiger partial charge on any atom is 0.256 e. The molecular weight excluding hydrogens is 278 g/mol. The van der Waals surface area contributed by atoms with Gasteiger partial charge in [-0.1, -0.05) is 11.8 Å². The molecule has 0 aliphatic rings. The first kappa shape index (κ1) is 12.6. The van der Waals surface area contributed by atoms with Gasteiger partial charge in [0, 0.05) is 12.4 Å². The van der Waals surface area contributed by atoms with E-state index in [2.05, 4.69) is 25.5 Å². The third kappa shape index (κ3) is 2.78. The number of aromatic nitrogens is 5. The fourth-order valence-electron chi connectivity index (χ4n) is 1.49. The van der Waals surface area contributed by atoms with Crippen LogP contribution in [0.1, 0.15) is 5.76 Å². The molecule has 0 unspecified atom stereocenters. The largest absolute Gasteiger partial charge is 0.468 e. The van der Waals surface area contributed by atoms with E-state index in [-0.39, 0.29) is 5.95 Å². The lowest BCUT2D eigenvalue weighted by molar-refractivity contribution is 0.530. The van der Waals surface area contributed by atoms with Crippen molar-refractivity contribution in [2.75, 3.05) is 5.43 Å². The van der Waals surface area contributed by atoms with Crippen molar-refractivity contribution in [3.05, 3.63) is 42.6 Å². The van der Waals surface area contributed by atoms with E-state index < -0.39 is 0 Å². The number of nitrogens with zero attached hydrogens (tertiary/aromatic N) is 5. The molecule has 0 bridgehead atoms. The zero-order valence-electron chi connectivity index (χ0n) is 10.3. The molecule has 0 fully saturated rings. The first-order valence-corrected chi connectivity index (χ1v) is 6.71. The van der Waals surface area contributed by atoms with Gasteiger partial charge in [-0.25, -0.2) is 10.5 Å². The standard InChI is InChI=1S/C11H11N7OS/c12-17-9-14-10(18-5-2-4-13-18)16-11(15-9)20-7-8-3-1-6-19-8/h1-6H,7,12H2,(H,14,15,16,17). The van der Waals surface area contributed by atoms with Crippen molar-refractivity contribution < 1.29 is 4.42 Å². The molecule has 0 amide bonds. The molecule has 0 aromatic carbocycles. The Balaban J connectivity index is 1.84. The van der Waals surface area contributed by atoms with Gasteiger partial charge in [-0.2, -0.15) is 20.1 Å². The first-order valence-electron chi connectivity index (χ1n) is 5.73. The molecule has 0 aliphatic heterocycles. The maximum atomic E-state index is 5.37. The minimum atomic E-state index is 0.285. The molecule has 3 aromatic rings.